The summed E-state index contributed by atoms with van der Waals surface area (Å²) in [4.78, 5) is 48.0. The lowest BCUT2D eigenvalue weighted by Gasteiger charge is -2.16. The van der Waals surface area contributed by atoms with Crippen LogP contribution in [-0.2, 0) is 19.2 Å². The van der Waals surface area contributed by atoms with Gasteiger partial charge in [-0.1, -0.05) is 60.3 Å². The lowest BCUT2D eigenvalue weighted by atomic mass is 9.97. The summed E-state index contributed by atoms with van der Waals surface area (Å²) < 4.78 is 63.1. The van der Waals surface area contributed by atoms with Crippen LogP contribution in [0, 0.1) is 5.92 Å². The fraction of sp³-hybridized carbons (Fsp3) is 0.387. The molecule has 0 fully saturated rings. The van der Waals surface area contributed by atoms with Crippen LogP contribution < -0.4 is 25.7 Å². The quantitative estimate of drug-likeness (QED) is 0.199. The van der Waals surface area contributed by atoms with E-state index in [4.69, 9.17) is 19.8 Å². The molecule has 4 rings (SSSR count). The van der Waals surface area contributed by atoms with Crippen LogP contribution >= 0.6 is 0 Å². The Hall–Kier alpha value is -4.97. The maximum Gasteiger partial charge on any atom is 0.430 e. The number of hydrogen-bond donors (Lipinski definition) is 3. The number of quaternary nitrogens is 2. The first-order valence-corrected chi connectivity index (χ1v) is 14.9. The normalized spacial score (nSPS) is 14.6. The number of nitrogens with two attached hydrogens (primary N) is 1. The van der Waals surface area contributed by atoms with Gasteiger partial charge in [-0.25, -0.2) is 9.89 Å². The number of nitrogens with one attached hydrogen (secondary N) is 2. The predicted octanol–water partition coefficient (Wildman–Crippen LogP) is 0.243. The molecular formula is C31H34F6N6O6. The van der Waals surface area contributed by atoms with Gasteiger partial charge in [0.05, 0.1) is 12.7 Å². The summed E-state index contributed by atoms with van der Waals surface area (Å²) in [6.07, 6.45) is -0.492. The zero-order valence-corrected chi connectivity index (χ0v) is 26.1. The number of carbonyl (C=O) groups excluding carboxylic acids is 4. The maximum atomic E-state index is 13.2. The zero-order valence-electron chi connectivity index (χ0n) is 26.1. The number of aliphatic imine (C=N–C) groups is 1. The molecule has 0 aromatic heterocycles. The molecule has 266 valence electrons. The average Bonchev–Trinajstić information content (AvgIpc) is 3.75. The third-order valence-corrected chi connectivity index (χ3v) is 6.94. The van der Waals surface area contributed by atoms with Gasteiger partial charge < -0.3 is 25.1 Å². The molecule has 0 spiro atoms. The summed E-state index contributed by atoms with van der Waals surface area (Å²) in [5, 5.41) is 32.7. The highest BCUT2D eigenvalue weighted by Crippen LogP contribution is 2.21. The Labute approximate surface area is 276 Å². The number of benzene rings is 2. The highest BCUT2D eigenvalue weighted by molar-refractivity contribution is 6.01. The van der Waals surface area contributed by atoms with Crippen molar-refractivity contribution in [2.45, 2.75) is 57.8 Å². The Kier molecular flexibility index (Phi) is 15.7. The number of aliphatic carboxylic acids is 2. The van der Waals surface area contributed by atoms with Gasteiger partial charge in [0.25, 0.3) is 0 Å². The Balaban J connectivity index is 0.000000500. The molecule has 1 atom stereocenters. The third-order valence-electron chi connectivity index (χ3n) is 6.94. The first kappa shape index (κ1) is 40.2. The second-order valence-corrected chi connectivity index (χ2v) is 10.6. The smallest absolute Gasteiger partial charge is 0.430 e. The van der Waals surface area contributed by atoms with Crippen molar-refractivity contribution < 1.29 is 66.0 Å². The monoisotopic (exact) mass is 700 g/mol. The SMILES string of the molecule is CCC(=O)CCCCCC(C(=O)NCC[NH+]1C=NN=C1)C1=NC=C(c2ccc3ccccc3c2)[NH2+]1.O=C([O-])C(F)(F)F.O=C([O-])C(F)(F)F. The minimum absolute atomic E-state index is 0.00901. The van der Waals surface area contributed by atoms with Crippen LogP contribution in [-0.4, -0.2) is 67.6 Å². The van der Waals surface area contributed by atoms with Crippen molar-refractivity contribution in [2.75, 3.05) is 13.1 Å². The molecule has 4 N–H and O–H groups in total. The first-order chi connectivity index (χ1) is 23.0. The molecule has 2 heterocycles. The number of unbranched alkanes of at least 4 members (excludes halogenated alkanes) is 2. The number of fused-ring (bicyclic) bond motifs is 1. The molecule has 0 bridgehead atoms. The summed E-state index contributed by atoms with van der Waals surface area (Å²) in [6.45, 7) is 3.13. The van der Waals surface area contributed by atoms with Gasteiger partial charge in [-0.05, 0) is 35.7 Å². The molecule has 0 radical (unpaired) electrons. The number of rotatable bonds is 13. The molecule has 2 aliphatic heterocycles. The molecule has 2 aromatic carbocycles. The summed E-state index contributed by atoms with van der Waals surface area (Å²) in [7, 11) is 0. The number of amidine groups is 1. The Morgan fingerprint density at radius 2 is 1.47 bits per heavy atom. The van der Waals surface area contributed by atoms with Gasteiger partial charge in [-0.15, -0.1) is 0 Å². The minimum atomic E-state index is -5.19. The molecule has 2 aliphatic rings. The van der Waals surface area contributed by atoms with E-state index in [1.54, 1.807) is 12.7 Å². The molecule has 1 unspecified atom stereocenters. The van der Waals surface area contributed by atoms with Crippen LogP contribution in [0.3, 0.4) is 0 Å². The summed E-state index contributed by atoms with van der Waals surface area (Å²) in [5.74, 6) is -5.24. The van der Waals surface area contributed by atoms with E-state index in [9.17, 15) is 35.9 Å². The van der Waals surface area contributed by atoms with Gasteiger partial charge in [0, 0.05) is 18.4 Å². The van der Waals surface area contributed by atoms with Crippen molar-refractivity contribution in [1.29, 1.82) is 0 Å². The largest absolute Gasteiger partial charge is 0.542 e. The molecule has 12 nitrogen and oxygen atoms in total. The van der Waals surface area contributed by atoms with E-state index in [0.717, 1.165) is 41.3 Å². The van der Waals surface area contributed by atoms with Crippen molar-refractivity contribution in [2.24, 2.45) is 21.1 Å². The molecule has 0 saturated carbocycles. The Morgan fingerprint density at radius 1 is 0.878 bits per heavy atom. The number of carbonyl (C=O) groups is 4. The van der Waals surface area contributed by atoms with Crippen LogP contribution in [0.5, 0.6) is 0 Å². The lowest BCUT2D eigenvalue weighted by molar-refractivity contribution is -0.681. The van der Waals surface area contributed by atoms with Gasteiger partial charge in [0.15, 0.2) is 5.70 Å². The number of carboxylic acid groups (broad SMARTS) is 2. The van der Waals surface area contributed by atoms with Crippen molar-refractivity contribution in [3.63, 3.8) is 0 Å². The van der Waals surface area contributed by atoms with E-state index in [1.165, 1.54) is 10.8 Å². The second kappa shape index (κ2) is 19.1. The third kappa shape index (κ3) is 14.4. The fourth-order valence-electron chi connectivity index (χ4n) is 4.36. The second-order valence-electron chi connectivity index (χ2n) is 10.6. The summed E-state index contributed by atoms with van der Waals surface area (Å²) in [5.41, 5.74) is 2.11. The number of Topliss-reactive ketones (excluding diaryl/α,β-unsaturated/α-hetero) is 1. The minimum Gasteiger partial charge on any atom is -0.542 e. The van der Waals surface area contributed by atoms with Gasteiger partial charge in [0.2, 0.25) is 24.4 Å². The zero-order chi connectivity index (χ0) is 36.6. The molecule has 18 heteroatoms. The van der Waals surface area contributed by atoms with Crippen molar-refractivity contribution in [3.8, 4) is 0 Å². The van der Waals surface area contributed by atoms with Crippen LogP contribution in [0.2, 0.25) is 0 Å². The molecule has 0 saturated heterocycles. The van der Waals surface area contributed by atoms with Gasteiger partial charge in [-0.2, -0.15) is 26.3 Å². The van der Waals surface area contributed by atoms with Gasteiger partial charge in [0.1, 0.15) is 30.2 Å². The number of ketones is 1. The van der Waals surface area contributed by atoms with Crippen LogP contribution in [0.25, 0.3) is 16.5 Å². The summed E-state index contributed by atoms with van der Waals surface area (Å²) in [6, 6.07) is 14.7. The standard InChI is InChI=1S/C27H32N6O2.2C2HF3O2/c1-2-23(34)10-4-3-5-11-24(27(35)28-14-15-33-18-30-31-19-33)26-29-17-25(32-26)22-13-12-20-8-6-7-9-21(20)16-22;2*3-2(4,5)1(6)7/h6-9,12-13,16-19,24H,2-5,10-11,14-15H2,1H3,(H,28,35)(H,29,32);2*(H,6,7). The van der Waals surface area contributed by atoms with Crippen molar-refractivity contribution >= 4 is 58.6 Å². The van der Waals surface area contributed by atoms with E-state index in [1.807, 2.05) is 30.6 Å². The molecular weight excluding hydrogens is 666 g/mol. The lowest BCUT2D eigenvalue weighted by Crippen LogP contribution is -3.09. The maximum absolute atomic E-state index is 13.2. The van der Waals surface area contributed by atoms with E-state index in [0.29, 0.717) is 38.1 Å². The van der Waals surface area contributed by atoms with Crippen molar-refractivity contribution in [1.82, 2.24) is 5.32 Å². The number of hydrogen-bond acceptors (Lipinski definition) is 9. The average molecular weight is 701 g/mol. The summed E-state index contributed by atoms with van der Waals surface area (Å²) >= 11 is 0. The van der Waals surface area contributed by atoms with E-state index in [2.05, 4.69) is 50.8 Å². The molecule has 2 aromatic rings. The van der Waals surface area contributed by atoms with E-state index in [-0.39, 0.29) is 11.8 Å². The number of halogens is 6. The van der Waals surface area contributed by atoms with Gasteiger partial charge >= 0.3 is 12.4 Å². The number of carboxylic acids is 2. The topological polar surface area (TPSA) is 185 Å². The molecule has 0 aliphatic carbocycles. The van der Waals surface area contributed by atoms with Crippen molar-refractivity contribution in [3.05, 3.63) is 54.2 Å². The molecule has 49 heavy (non-hydrogen) atoms. The fourth-order valence-corrected chi connectivity index (χ4v) is 4.36. The Bertz CT molecular complexity index is 1550. The van der Waals surface area contributed by atoms with Crippen LogP contribution in [0.1, 0.15) is 51.0 Å². The van der Waals surface area contributed by atoms with E-state index < -0.39 is 24.3 Å². The number of nitrogens with zero attached hydrogens (tertiary/aromatic N) is 3. The highest BCUT2D eigenvalue weighted by Gasteiger charge is 2.32. The molecule has 1 amide bonds. The van der Waals surface area contributed by atoms with Crippen LogP contribution in [0.15, 0.2) is 63.9 Å². The highest BCUT2D eigenvalue weighted by atomic mass is 19.4. The number of alkyl halides is 6. The van der Waals surface area contributed by atoms with Gasteiger partial charge in [-0.3, -0.25) is 14.9 Å². The van der Waals surface area contributed by atoms with Crippen LogP contribution in [0.4, 0.5) is 26.3 Å². The first-order valence-electron chi connectivity index (χ1n) is 14.9. The Morgan fingerprint density at radius 3 is 2.04 bits per heavy atom. The number of amides is 1. The predicted molar refractivity (Wildman–Crippen MR) is 161 cm³/mol. The van der Waals surface area contributed by atoms with E-state index >= 15 is 0 Å².